The van der Waals surface area contributed by atoms with Gasteiger partial charge >= 0.3 is 0 Å². The van der Waals surface area contributed by atoms with Gasteiger partial charge in [-0.1, -0.05) is 40.7 Å². The molecule has 0 saturated heterocycles. The van der Waals surface area contributed by atoms with Crippen molar-refractivity contribution in [1.82, 2.24) is 4.98 Å². The molecule has 0 aliphatic heterocycles. The van der Waals surface area contributed by atoms with E-state index >= 15 is 0 Å². The van der Waals surface area contributed by atoms with Crippen LogP contribution in [0.25, 0.3) is 0 Å². The van der Waals surface area contributed by atoms with Crippen LogP contribution in [0.1, 0.15) is 46.0 Å². The highest BCUT2D eigenvalue weighted by Crippen LogP contribution is 2.37. The summed E-state index contributed by atoms with van der Waals surface area (Å²) in [5, 5.41) is 3.18. The van der Waals surface area contributed by atoms with Crippen molar-refractivity contribution in [3.63, 3.8) is 0 Å². The lowest BCUT2D eigenvalue weighted by atomic mass is 9.85. The summed E-state index contributed by atoms with van der Waals surface area (Å²) >= 11 is 5.16. The lowest BCUT2D eigenvalue weighted by Crippen LogP contribution is -2.46. The van der Waals surface area contributed by atoms with Gasteiger partial charge < -0.3 is 4.43 Å². The maximum Gasteiger partial charge on any atom is 0.192 e. The van der Waals surface area contributed by atoms with Gasteiger partial charge in [0.1, 0.15) is 9.61 Å². The molecule has 0 saturated carbocycles. The number of hydrogen-bond acceptors (Lipinski definition) is 3. The largest absolute Gasteiger partial charge is 0.413 e. The van der Waals surface area contributed by atoms with E-state index in [1.807, 2.05) is 11.5 Å². The smallest absolute Gasteiger partial charge is 0.192 e. The summed E-state index contributed by atoms with van der Waals surface area (Å²) < 4.78 is 7.69. The average molecular weight is 390 g/mol. The molecule has 0 amide bonds. The van der Waals surface area contributed by atoms with Crippen molar-refractivity contribution in [2.75, 3.05) is 0 Å². The van der Waals surface area contributed by atoms with Gasteiger partial charge in [0, 0.05) is 10.8 Å². The molecule has 0 aliphatic carbocycles. The molecule has 1 aromatic heterocycles. The van der Waals surface area contributed by atoms with E-state index in [1.54, 1.807) is 11.3 Å². The van der Waals surface area contributed by atoms with Gasteiger partial charge in [-0.2, -0.15) is 0 Å². The number of rotatable bonds is 9. The highest BCUT2D eigenvalue weighted by Gasteiger charge is 2.40. The number of halogens is 1. The number of aromatic nitrogens is 1. The lowest BCUT2D eigenvalue weighted by molar-refractivity contribution is 0.115. The molecule has 1 rings (SSSR count). The van der Waals surface area contributed by atoms with Crippen LogP contribution in [-0.2, 0) is 9.84 Å². The molecule has 2 nitrogen and oxygen atoms in total. The van der Waals surface area contributed by atoms with Gasteiger partial charge in [0.25, 0.3) is 0 Å². The van der Waals surface area contributed by atoms with E-state index in [0.29, 0.717) is 0 Å². The van der Waals surface area contributed by atoms with Gasteiger partial charge in [0.15, 0.2) is 8.32 Å². The van der Waals surface area contributed by atoms with Crippen molar-refractivity contribution in [3.05, 3.63) is 27.6 Å². The fourth-order valence-electron chi connectivity index (χ4n) is 2.63. The van der Waals surface area contributed by atoms with E-state index < -0.39 is 8.32 Å². The standard InChI is InChI=1S/C16H28BrNOSSi/c1-7-11-13(19-21(8-2,9-3)10-4)16(5,6)15-18-14(17)12-20-15/h7,12-13H,1,8-11H2,2-6H3/t13-/m1/s1. The average Bonchev–Trinajstić information content (AvgIpc) is 2.91. The first kappa shape index (κ1) is 19.1. The Morgan fingerprint density at radius 3 is 2.33 bits per heavy atom. The molecule has 5 heteroatoms. The Kier molecular flexibility index (Phi) is 7.30. The fraction of sp³-hybridized carbons (Fsp3) is 0.688. The molecule has 1 aromatic rings. The maximum absolute atomic E-state index is 6.77. The third-order valence-electron chi connectivity index (χ3n) is 4.54. The van der Waals surface area contributed by atoms with Gasteiger partial charge in [-0.3, -0.25) is 0 Å². The van der Waals surface area contributed by atoms with Crippen LogP contribution in [0, 0.1) is 0 Å². The van der Waals surface area contributed by atoms with Crippen molar-refractivity contribution < 1.29 is 4.43 Å². The maximum atomic E-state index is 6.77. The minimum atomic E-state index is -1.64. The topological polar surface area (TPSA) is 22.1 Å². The Morgan fingerprint density at radius 1 is 1.38 bits per heavy atom. The van der Waals surface area contributed by atoms with Gasteiger partial charge in [-0.25, -0.2) is 4.98 Å². The first-order valence-corrected chi connectivity index (χ1v) is 12.0. The summed E-state index contributed by atoms with van der Waals surface area (Å²) in [5.41, 5.74) is -0.0946. The molecule has 1 heterocycles. The predicted octanol–water partition coefficient (Wildman–Crippen LogP) is 6.15. The fourth-order valence-corrected chi connectivity index (χ4v) is 7.05. The first-order chi connectivity index (χ1) is 9.85. The molecule has 0 N–H and O–H groups in total. The second-order valence-corrected chi connectivity index (χ2v) is 12.5. The van der Waals surface area contributed by atoms with Crippen LogP contribution in [0.3, 0.4) is 0 Å². The predicted molar refractivity (Wildman–Crippen MR) is 99.7 cm³/mol. The molecule has 21 heavy (non-hydrogen) atoms. The molecule has 120 valence electrons. The quantitative estimate of drug-likeness (QED) is 0.373. The van der Waals surface area contributed by atoms with Crippen LogP contribution >= 0.6 is 27.3 Å². The Bertz CT molecular complexity index is 449. The second-order valence-electron chi connectivity index (χ2n) is 6.07. The van der Waals surface area contributed by atoms with Crippen LogP contribution in [0.15, 0.2) is 22.6 Å². The highest BCUT2D eigenvalue weighted by molar-refractivity contribution is 9.10. The van der Waals surface area contributed by atoms with Crippen molar-refractivity contribution in [2.45, 2.75) is 70.7 Å². The highest BCUT2D eigenvalue weighted by atomic mass is 79.9. The SMILES string of the molecule is C=CC[C@@H](O[Si](CC)(CC)CC)C(C)(C)c1nc(Br)cs1. The summed E-state index contributed by atoms with van der Waals surface area (Å²) in [6.07, 6.45) is 3.01. The van der Waals surface area contributed by atoms with E-state index in [9.17, 15) is 0 Å². The third kappa shape index (κ3) is 4.50. The molecular formula is C16H28BrNOSSi. The van der Waals surface area contributed by atoms with E-state index in [0.717, 1.165) is 16.0 Å². The monoisotopic (exact) mass is 389 g/mol. The summed E-state index contributed by atoms with van der Waals surface area (Å²) in [5.74, 6) is 0. The lowest BCUT2D eigenvalue weighted by Gasteiger charge is -2.40. The summed E-state index contributed by atoms with van der Waals surface area (Å²) in [6.45, 7) is 15.2. The normalized spacial score (nSPS) is 14.2. The molecular weight excluding hydrogens is 362 g/mol. The zero-order valence-electron chi connectivity index (χ0n) is 13.9. The summed E-state index contributed by atoms with van der Waals surface area (Å²) in [7, 11) is -1.64. The van der Waals surface area contributed by atoms with Gasteiger partial charge in [0.05, 0.1) is 6.10 Å². The molecule has 1 atom stereocenters. The number of thiazole rings is 1. The Balaban J connectivity index is 3.07. The van der Waals surface area contributed by atoms with Gasteiger partial charge in [0.2, 0.25) is 0 Å². The Labute approximate surface area is 143 Å². The number of hydrogen-bond donors (Lipinski definition) is 0. The zero-order valence-corrected chi connectivity index (χ0v) is 17.3. The van der Waals surface area contributed by atoms with Crippen molar-refractivity contribution in [3.8, 4) is 0 Å². The van der Waals surface area contributed by atoms with Crippen LogP contribution < -0.4 is 0 Å². The van der Waals surface area contributed by atoms with E-state index in [1.165, 1.54) is 18.1 Å². The second kappa shape index (κ2) is 8.04. The molecule has 0 radical (unpaired) electrons. The molecule has 0 bridgehead atoms. The van der Waals surface area contributed by atoms with Crippen LogP contribution in [0.4, 0.5) is 0 Å². The van der Waals surface area contributed by atoms with Crippen molar-refractivity contribution in [1.29, 1.82) is 0 Å². The van der Waals surface area contributed by atoms with Crippen molar-refractivity contribution in [2.24, 2.45) is 0 Å². The molecule has 0 aromatic carbocycles. The molecule has 0 unspecified atom stereocenters. The van der Waals surface area contributed by atoms with Crippen LogP contribution in [0.5, 0.6) is 0 Å². The Hall–Kier alpha value is 0.0269. The summed E-state index contributed by atoms with van der Waals surface area (Å²) in [6, 6.07) is 3.52. The molecule has 0 fully saturated rings. The van der Waals surface area contributed by atoms with Gasteiger partial charge in [-0.05, 0) is 40.5 Å². The number of nitrogens with zero attached hydrogens (tertiary/aromatic N) is 1. The van der Waals surface area contributed by atoms with E-state index in [2.05, 4.69) is 62.1 Å². The minimum Gasteiger partial charge on any atom is -0.413 e. The van der Waals surface area contributed by atoms with Crippen LogP contribution in [0.2, 0.25) is 18.1 Å². The van der Waals surface area contributed by atoms with E-state index in [4.69, 9.17) is 4.43 Å². The Morgan fingerprint density at radius 2 is 1.95 bits per heavy atom. The third-order valence-corrected chi connectivity index (χ3v) is 11.1. The van der Waals surface area contributed by atoms with E-state index in [-0.39, 0.29) is 11.5 Å². The molecule has 0 aliphatic rings. The van der Waals surface area contributed by atoms with Crippen molar-refractivity contribution >= 4 is 35.6 Å². The van der Waals surface area contributed by atoms with Crippen LogP contribution in [-0.4, -0.2) is 19.4 Å². The molecule has 0 spiro atoms. The van der Waals surface area contributed by atoms with Gasteiger partial charge in [-0.15, -0.1) is 17.9 Å². The summed E-state index contributed by atoms with van der Waals surface area (Å²) in [4.78, 5) is 4.63. The minimum absolute atomic E-state index is 0.0946. The first-order valence-electron chi connectivity index (χ1n) is 7.75. The zero-order chi connectivity index (χ0) is 16.1.